The van der Waals surface area contributed by atoms with Gasteiger partial charge in [-0.3, -0.25) is 0 Å². The molecule has 0 aliphatic rings. The van der Waals surface area contributed by atoms with Crippen molar-refractivity contribution in [2.45, 2.75) is 13.0 Å². The second-order valence-corrected chi connectivity index (χ2v) is 3.59. The smallest absolute Gasteiger partial charge is 0.135 e. The van der Waals surface area contributed by atoms with Crippen LogP contribution in [0, 0.1) is 11.6 Å². The van der Waals surface area contributed by atoms with Gasteiger partial charge in [-0.1, -0.05) is 0 Å². The second-order valence-electron chi connectivity index (χ2n) is 3.59. The number of H-pyrrole nitrogens is 1. The molecule has 0 spiro atoms. The molecule has 16 heavy (non-hydrogen) atoms. The van der Waals surface area contributed by atoms with Crippen LogP contribution < -0.4 is 5.73 Å². The van der Waals surface area contributed by atoms with E-state index in [2.05, 4.69) is 9.97 Å². The quantitative estimate of drug-likeness (QED) is 0.821. The zero-order valence-corrected chi connectivity index (χ0v) is 8.67. The van der Waals surface area contributed by atoms with Gasteiger partial charge in [0.15, 0.2) is 0 Å². The highest BCUT2D eigenvalue weighted by molar-refractivity contribution is 5.59. The minimum Gasteiger partial charge on any atom is -0.341 e. The lowest BCUT2D eigenvalue weighted by Crippen LogP contribution is -2.06. The summed E-state index contributed by atoms with van der Waals surface area (Å²) in [6.07, 6.45) is 1.48. The van der Waals surface area contributed by atoms with E-state index in [1.807, 2.05) is 0 Å². The highest BCUT2D eigenvalue weighted by Gasteiger charge is 2.10. The molecule has 2 rings (SSSR count). The summed E-state index contributed by atoms with van der Waals surface area (Å²) < 4.78 is 26.1. The molecular formula is C11H11F2N3. The number of rotatable bonds is 2. The Morgan fingerprint density at radius 2 is 2.12 bits per heavy atom. The molecule has 0 aliphatic heterocycles. The maximum Gasteiger partial charge on any atom is 0.135 e. The molecule has 0 amide bonds. The van der Waals surface area contributed by atoms with Crippen molar-refractivity contribution in [1.29, 1.82) is 0 Å². The summed E-state index contributed by atoms with van der Waals surface area (Å²) >= 11 is 0. The molecular weight excluding hydrogens is 212 g/mol. The van der Waals surface area contributed by atoms with Crippen molar-refractivity contribution < 1.29 is 8.78 Å². The Hall–Kier alpha value is -1.75. The van der Waals surface area contributed by atoms with E-state index in [9.17, 15) is 8.78 Å². The summed E-state index contributed by atoms with van der Waals surface area (Å²) in [6, 6.07) is 3.15. The largest absolute Gasteiger partial charge is 0.341 e. The Morgan fingerprint density at radius 3 is 2.69 bits per heavy atom. The Balaban J connectivity index is 2.42. The van der Waals surface area contributed by atoms with Crippen molar-refractivity contribution >= 4 is 0 Å². The SMILES string of the molecule is CC(N)c1ncc(-c2ccc(F)cc2F)[nH]1. The van der Waals surface area contributed by atoms with Gasteiger partial charge in [0, 0.05) is 11.6 Å². The summed E-state index contributed by atoms with van der Waals surface area (Å²) in [5.74, 6) is -0.660. The number of aromatic nitrogens is 2. The van der Waals surface area contributed by atoms with Crippen LogP contribution in [0.3, 0.4) is 0 Å². The van der Waals surface area contributed by atoms with Crippen LogP contribution in [0.5, 0.6) is 0 Å². The van der Waals surface area contributed by atoms with Crippen molar-refractivity contribution in [2.75, 3.05) is 0 Å². The minimum absolute atomic E-state index is 0.253. The van der Waals surface area contributed by atoms with Crippen LogP contribution in [0.25, 0.3) is 11.3 Å². The molecule has 1 atom stereocenters. The first kappa shape index (κ1) is 10.8. The predicted molar refractivity (Wildman–Crippen MR) is 56.5 cm³/mol. The van der Waals surface area contributed by atoms with Crippen LogP contribution >= 0.6 is 0 Å². The average Bonchev–Trinajstić information content (AvgIpc) is 2.66. The van der Waals surface area contributed by atoms with Crippen molar-refractivity contribution in [3.63, 3.8) is 0 Å². The molecule has 3 nitrogen and oxygen atoms in total. The normalized spacial score (nSPS) is 12.8. The number of imidazole rings is 1. The Bertz CT molecular complexity index is 506. The van der Waals surface area contributed by atoms with Gasteiger partial charge in [0.05, 0.1) is 17.9 Å². The van der Waals surface area contributed by atoms with Crippen LogP contribution in [-0.2, 0) is 0 Å². The van der Waals surface area contributed by atoms with Crippen molar-refractivity contribution in [3.8, 4) is 11.3 Å². The van der Waals surface area contributed by atoms with Gasteiger partial charge in [-0.25, -0.2) is 13.8 Å². The van der Waals surface area contributed by atoms with Gasteiger partial charge in [-0.05, 0) is 19.1 Å². The van der Waals surface area contributed by atoms with E-state index >= 15 is 0 Å². The summed E-state index contributed by atoms with van der Waals surface area (Å²) in [7, 11) is 0. The molecule has 1 aromatic heterocycles. The average molecular weight is 223 g/mol. The van der Waals surface area contributed by atoms with Gasteiger partial charge in [0.1, 0.15) is 17.5 Å². The molecule has 0 radical (unpaired) electrons. The van der Waals surface area contributed by atoms with Gasteiger partial charge in [0.25, 0.3) is 0 Å². The standard InChI is InChI=1S/C11H11F2N3/c1-6(14)11-15-5-10(16-11)8-3-2-7(12)4-9(8)13/h2-6H,14H2,1H3,(H,15,16). The molecule has 1 heterocycles. The van der Waals surface area contributed by atoms with Crippen molar-refractivity contribution in [3.05, 3.63) is 41.9 Å². The number of nitrogens with zero attached hydrogens (tertiary/aromatic N) is 1. The van der Waals surface area contributed by atoms with E-state index in [4.69, 9.17) is 5.73 Å². The van der Waals surface area contributed by atoms with E-state index in [0.29, 0.717) is 11.5 Å². The van der Waals surface area contributed by atoms with Gasteiger partial charge in [-0.2, -0.15) is 0 Å². The van der Waals surface area contributed by atoms with Crippen LogP contribution in [0.2, 0.25) is 0 Å². The zero-order valence-electron chi connectivity index (χ0n) is 8.67. The molecule has 0 aliphatic carbocycles. The number of halogens is 2. The van der Waals surface area contributed by atoms with Gasteiger partial charge >= 0.3 is 0 Å². The number of benzene rings is 1. The lowest BCUT2D eigenvalue weighted by Gasteiger charge is -2.01. The van der Waals surface area contributed by atoms with Crippen LogP contribution in [0.15, 0.2) is 24.4 Å². The number of aromatic amines is 1. The van der Waals surface area contributed by atoms with E-state index in [-0.39, 0.29) is 11.6 Å². The molecule has 3 N–H and O–H groups in total. The molecule has 0 saturated heterocycles. The molecule has 1 aromatic carbocycles. The first-order chi connectivity index (χ1) is 7.58. The highest BCUT2D eigenvalue weighted by Crippen LogP contribution is 2.22. The fraction of sp³-hybridized carbons (Fsp3) is 0.182. The lowest BCUT2D eigenvalue weighted by molar-refractivity contribution is 0.585. The first-order valence-electron chi connectivity index (χ1n) is 4.84. The monoisotopic (exact) mass is 223 g/mol. The summed E-state index contributed by atoms with van der Waals surface area (Å²) in [6.45, 7) is 1.77. The predicted octanol–water partition coefficient (Wildman–Crippen LogP) is 2.37. The summed E-state index contributed by atoms with van der Waals surface area (Å²) in [4.78, 5) is 6.91. The highest BCUT2D eigenvalue weighted by atomic mass is 19.1. The van der Waals surface area contributed by atoms with E-state index in [1.165, 1.54) is 18.3 Å². The molecule has 2 aromatic rings. The number of nitrogens with one attached hydrogen (secondary N) is 1. The summed E-state index contributed by atoms with van der Waals surface area (Å²) in [5.41, 5.74) is 6.39. The zero-order chi connectivity index (χ0) is 11.7. The number of hydrogen-bond acceptors (Lipinski definition) is 2. The Labute approximate surface area is 91.3 Å². The van der Waals surface area contributed by atoms with Crippen molar-refractivity contribution in [1.82, 2.24) is 9.97 Å². The fourth-order valence-corrected chi connectivity index (χ4v) is 1.41. The molecule has 1 unspecified atom stereocenters. The Kier molecular flexibility index (Phi) is 2.70. The van der Waals surface area contributed by atoms with E-state index < -0.39 is 11.6 Å². The molecule has 0 bridgehead atoms. The molecule has 0 fully saturated rings. The third-order valence-electron chi connectivity index (χ3n) is 2.25. The minimum atomic E-state index is -0.625. The van der Waals surface area contributed by atoms with Gasteiger partial charge < -0.3 is 10.7 Å². The maximum absolute atomic E-state index is 13.4. The van der Waals surface area contributed by atoms with Gasteiger partial charge in [-0.15, -0.1) is 0 Å². The third-order valence-corrected chi connectivity index (χ3v) is 2.25. The van der Waals surface area contributed by atoms with Crippen LogP contribution in [0.1, 0.15) is 18.8 Å². The topological polar surface area (TPSA) is 54.7 Å². The van der Waals surface area contributed by atoms with Crippen LogP contribution in [0.4, 0.5) is 8.78 Å². The van der Waals surface area contributed by atoms with E-state index in [1.54, 1.807) is 6.92 Å². The number of nitrogens with two attached hydrogens (primary N) is 1. The second kappa shape index (κ2) is 4.02. The van der Waals surface area contributed by atoms with Crippen molar-refractivity contribution in [2.24, 2.45) is 5.73 Å². The third kappa shape index (κ3) is 1.94. The van der Waals surface area contributed by atoms with Gasteiger partial charge in [0.2, 0.25) is 0 Å². The molecule has 0 saturated carbocycles. The first-order valence-corrected chi connectivity index (χ1v) is 4.84. The maximum atomic E-state index is 13.4. The molecule has 5 heteroatoms. The fourth-order valence-electron chi connectivity index (χ4n) is 1.41. The van der Waals surface area contributed by atoms with E-state index in [0.717, 1.165) is 6.07 Å². The Morgan fingerprint density at radius 1 is 1.38 bits per heavy atom. The lowest BCUT2D eigenvalue weighted by atomic mass is 10.1. The summed E-state index contributed by atoms with van der Waals surface area (Å²) in [5, 5.41) is 0. The van der Waals surface area contributed by atoms with Crippen LogP contribution in [-0.4, -0.2) is 9.97 Å². The molecule has 84 valence electrons. The number of hydrogen-bond donors (Lipinski definition) is 2.